The maximum absolute atomic E-state index is 5.64. The van der Waals surface area contributed by atoms with Crippen LogP contribution in [-0.4, -0.2) is 24.3 Å². The molecule has 0 aromatic carbocycles. The highest BCUT2D eigenvalue weighted by molar-refractivity contribution is 5.17. The summed E-state index contributed by atoms with van der Waals surface area (Å²) in [5.74, 6) is 1.15. The van der Waals surface area contributed by atoms with Gasteiger partial charge in [-0.05, 0) is 24.8 Å². The lowest BCUT2D eigenvalue weighted by atomic mass is 10.1. The molecule has 3 heteroatoms. The minimum absolute atomic E-state index is 0.254. The van der Waals surface area contributed by atoms with Gasteiger partial charge in [-0.2, -0.15) is 0 Å². The van der Waals surface area contributed by atoms with E-state index >= 15 is 0 Å². The maximum atomic E-state index is 5.64. The van der Waals surface area contributed by atoms with Crippen LogP contribution >= 0.6 is 0 Å². The predicted molar refractivity (Wildman–Crippen MR) is 62.8 cm³/mol. The van der Waals surface area contributed by atoms with Gasteiger partial charge in [-0.1, -0.05) is 19.9 Å². The number of aromatic nitrogens is 1. The van der Waals surface area contributed by atoms with Gasteiger partial charge in [0, 0.05) is 18.4 Å². The van der Waals surface area contributed by atoms with Gasteiger partial charge in [0.2, 0.25) is 5.88 Å². The molecule has 2 heterocycles. The molecule has 1 aromatic heterocycles. The average Bonchev–Trinajstić information content (AvgIpc) is 2.79. The third-order valence-corrected chi connectivity index (χ3v) is 2.78. The smallest absolute Gasteiger partial charge is 0.213 e. The molecule has 1 fully saturated rings. The molecule has 2 rings (SSSR count). The van der Waals surface area contributed by atoms with Crippen LogP contribution in [0.4, 0.5) is 0 Å². The Morgan fingerprint density at radius 2 is 2.38 bits per heavy atom. The van der Waals surface area contributed by atoms with Crippen molar-refractivity contribution in [3.63, 3.8) is 0 Å². The van der Waals surface area contributed by atoms with Gasteiger partial charge in [0.05, 0.1) is 6.10 Å². The summed E-state index contributed by atoms with van der Waals surface area (Å²) in [4.78, 5) is 4.46. The Labute approximate surface area is 96.8 Å². The molecular weight excluding hydrogens is 202 g/mol. The van der Waals surface area contributed by atoms with E-state index in [1.54, 1.807) is 0 Å². The lowest BCUT2D eigenvalue weighted by Gasteiger charge is -2.12. The van der Waals surface area contributed by atoms with Crippen molar-refractivity contribution in [2.24, 2.45) is 0 Å². The molecule has 88 valence electrons. The van der Waals surface area contributed by atoms with Gasteiger partial charge in [-0.3, -0.25) is 0 Å². The number of rotatable bonds is 4. The van der Waals surface area contributed by atoms with Crippen molar-refractivity contribution in [2.45, 2.75) is 38.7 Å². The van der Waals surface area contributed by atoms with Crippen LogP contribution in [0.25, 0.3) is 0 Å². The molecular formula is C13H19NO2. The SMILES string of the molecule is CC(C)c1cccc(OC[C@@H]2CCCO2)n1. The summed E-state index contributed by atoms with van der Waals surface area (Å²) in [5, 5.41) is 0. The van der Waals surface area contributed by atoms with Gasteiger partial charge in [0.15, 0.2) is 0 Å². The van der Waals surface area contributed by atoms with E-state index in [1.807, 2.05) is 18.2 Å². The normalized spacial score (nSPS) is 20.3. The second kappa shape index (κ2) is 5.30. The van der Waals surface area contributed by atoms with Gasteiger partial charge >= 0.3 is 0 Å². The zero-order chi connectivity index (χ0) is 11.4. The Morgan fingerprint density at radius 1 is 1.50 bits per heavy atom. The first kappa shape index (κ1) is 11.4. The van der Waals surface area contributed by atoms with Gasteiger partial charge in [-0.25, -0.2) is 4.98 Å². The Balaban J connectivity index is 1.90. The van der Waals surface area contributed by atoms with Crippen LogP contribution in [0.2, 0.25) is 0 Å². The van der Waals surface area contributed by atoms with Gasteiger partial charge < -0.3 is 9.47 Å². The summed E-state index contributed by atoms with van der Waals surface area (Å²) < 4.78 is 11.1. The highest BCUT2D eigenvalue weighted by atomic mass is 16.5. The topological polar surface area (TPSA) is 31.4 Å². The standard InChI is InChI=1S/C13H19NO2/c1-10(2)12-6-3-7-13(14-12)16-9-11-5-4-8-15-11/h3,6-7,10-11H,4-5,8-9H2,1-2H3/t11-/m0/s1. The number of hydrogen-bond donors (Lipinski definition) is 0. The molecule has 0 saturated carbocycles. The molecule has 3 nitrogen and oxygen atoms in total. The van der Waals surface area contributed by atoms with Crippen molar-refractivity contribution >= 4 is 0 Å². The minimum Gasteiger partial charge on any atom is -0.475 e. The molecule has 0 unspecified atom stereocenters. The van der Waals surface area contributed by atoms with Crippen molar-refractivity contribution in [2.75, 3.05) is 13.2 Å². The lowest BCUT2D eigenvalue weighted by Crippen LogP contribution is -2.16. The van der Waals surface area contributed by atoms with Crippen molar-refractivity contribution in [3.05, 3.63) is 23.9 Å². The van der Waals surface area contributed by atoms with E-state index in [4.69, 9.17) is 9.47 Å². The monoisotopic (exact) mass is 221 g/mol. The maximum Gasteiger partial charge on any atom is 0.213 e. The highest BCUT2D eigenvalue weighted by Gasteiger charge is 2.16. The molecule has 0 N–H and O–H groups in total. The quantitative estimate of drug-likeness (QED) is 0.783. The van der Waals surface area contributed by atoms with E-state index in [0.29, 0.717) is 18.4 Å². The van der Waals surface area contributed by atoms with E-state index in [1.165, 1.54) is 0 Å². The molecule has 1 aromatic rings. The first-order chi connectivity index (χ1) is 7.75. The summed E-state index contributed by atoms with van der Waals surface area (Å²) in [6.45, 7) is 5.75. The fourth-order valence-corrected chi connectivity index (χ4v) is 1.79. The molecule has 1 aliphatic heterocycles. The molecule has 0 radical (unpaired) electrons. The Hall–Kier alpha value is -1.09. The Kier molecular flexibility index (Phi) is 3.78. The summed E-state index contributed by atoms with van der Waals surface area (Å²) in [5.41, 5.74) is 1.07. The third-order valence-electron chi connectivity index (χ3n) is 2.78. The molecule has 0 aliphatic carbocycles. The Bertz CT molecular complexity index is 332. The number of hydrogen-bond acceptors (Lipinski definition) is 3. The molecule has 1 aliphatic rings. The number of nitrogens with zero attached hydrogens (tertiary/aromatic N) is 1. The predicted octanol–water partition coefficient (Wildman–Crippen LogP) is 2.76. The lowest BCUT2D eigenvalue weighted by molar-refractivity contribution is 0.0662. The number of ether oxygens (including phenoxy) is 2. The van der Waals surface area contributed by atoms with Crippen LogP contribution in [0.1, 0.15) is 38.3 Å². The van der Waals surface area contributed by atoms with Crippen LogP contribution in [0.3, 0.4) is 0 Å². The van der Waals surface area contributed by atoms with E-state index in [-0.39, 0.29) is 6.10 Å². The summed E-state index contributed by atoms with van der Waals surface area (Å²) >= 11 is 0. The molecule has 1 atom stereocenters. The highest BCUT2D eigenvalue weighted by Crippen LogP contribution is 2.17. The second-order valence-corrected chi connectivity index (χ2v) is 4.50. The third kappa shape index (κ3) is 2.95. The summed E-state index contributed by atoms with van der Waals surface area (Å²) in [7, 11) is 0. The van der Waals surface area contributed by atoms with Gasteiger partial charge in [0.1, 0.15) is 6.61 Å². The van der Waals surface area contributed by atoms with Gasteiger partial charge in [0.25, 0.3) is 0 Å². The van der Waals surface area contributed by atoms with E-state index in [0.717, 1.165) is 25.1 Å². The first-order valence-electron chi connectivity index (χ1n) is 5.97. The summed E-state index contributed by atoms with van der Waals surface area (Å²) in [6, 6.07) is 5.93. The fourth-order valence-electron chi connectivity index (χ4n) is 1.79. The zero-order valence-electron chi connectivity index (χ0n) is 9.98. The van der Waals surface area contributed by atoms with Crippen molar-refractivity contribution in [3.8, 4) is 5.88 Å². The van der Waals surface area contributed by atoms with Crippen molar-refractivity contribution < 1.29 is 9.47 Å². The average molecular weight is 221 g/mol. The summed E-state index contributed by atoms with van der Waals surface area (Å²) in [6.07, 6.45) is 2.50. The van der Waals surface area contributed by atoms with E-state index < -0.39 is 0 Å². The van der Waals surface area contributed by atoms with Crippen LogP contribution in [0.5, 0.6) is 5.88 Å². The van der Waals surface area contributed by atoms with Crippen molar-refractivity contribution in [1.82, 2.24) is 4.98 Å². The van der Waals surface area contributed by atoms with E-state index in [2.05, 4.69) is 18.8 Å². The molecule has 0 spiro atoms. The van der Waals surface area contributed by atoms with Crippen molar-refractivity contribution in [1.29, 1.82) is 0 Å². The first-order valence-corrected chi connectivity index (χ1v) is 5.97. The molecule has 0 bridgehead atoms. The van der Waals surface area contributed by atoms with Gasteiger partial charge in [-0.15, -0.1) is 0 Å². The second-order valence-electron chi connectivity index (χ2n) is 4.50. The number of pyridine rings is 1. The van der Waals surface area contributed by atoms with E-state index in [9.17, 15) is 0 Å². The fraction of sp³-hybridized carbons (Fsp3) is 0.615. The Morgan fingerprint density at radius 3 is 3.06 bits per heavy atom. The molecule has 0 amide bonds. The minimum atomic E-state index is 0.254. The largest absolute Gasteiger partial charge is 0.475 e. The molecule has 1 saturated heterocycles. The zero-order valence-corrected chi connectivity index (χ0v) is 9.98. The van der Waals surface area contributed by atoms with Crippen LogP contribution < -0.4 is 4.74 Å². The van der Waals surface area contributed by atoms with Crippen LogP contribution in [-0.2, 0) is 4.74 Å². The van der Waals surface area contributed by atoms with Crippen LogP contribution in [0.15, 0.2) is 18.2 Å². The molecule has 16 heavy (non-hydrogen) atoms. The van der Waals surface area contributed by atoms with Crippen LogP contribution in [0, 0.1) is 0 Å².